The minimum atomic E-state index is -0.312. The first-order valence-corrected chi connectivity index (χ1v) is 7.06. The maximum Gasteiger partial charge on any atom is 0.344 e. The van der Waals surface area contributed by atoms with Crippen LogP contribution in [0.4, 0.5) is 0 Å². The number of fused-ring (bicyclic) bond motifs is 2. The van der Waals surface area contributed by atoms with Crippen LogP contribution in [0.15, 0.2) is 63.3 Å². The van der Waals surface area contributed by atoms with E-state index >= 15 is 0 Å². The minimum absolute atomic E-state index is 0.312. The van der Waals surface area contributed by atoms with E-state index in [2.05, 4.69) is 4.98 Å². The lowest BCUT2D eigenvalue weighted by atomic mass is 10.1. The van der Waals surface area contributed by atoms with Gasteiger partial charge in [-0.05, 0) is 29.8 Å². The van der Waals surface area contributed by atoms with E-state index in [0.29, 0.717) is 11.1 Å². The van der Waals surface area contributed by atoms with Crippen molar-refractivity contribution in [1.82, 2.24) is 4.98 Å². The Morgan fingerprint density at radius 1 is 1.05 bits per heavy atom. The maximum absolute atomic E-state index is 12.1. The molecule has 0 aliphatic rings. The van der Waals surface area contributed by atoms with Crippen LogP contribution in [-0.4, -0.2) is 4.98 Å². The summed E-state index contributed by atoms with van der Waals surface area (Å²) in [5, 5.41) is 0.923. The monoisotopic (exact) mass is 279 g/mol. The van der Waals surface area contributed by atoms with Crippen molar-refractivity contribution in [2.24, 2.45) is 0 Å². The average molecular weight is 279 g/mol. The molecule has 0 saturated carbocycles. The standard InChI is InChI=1S/C16H9NO2S/c18-16-12(7-11-3-1-2-4-14(11)19-16)10-5-6-13-15(8-10)20-9-17-13/h1-9H. The Morgan fingerprint density at radius 3 is 2.90 bits per heavy atom. The van der Waals surface area contributed by atoms with Crippen molar-refractivity contribution in [2.75, 3.05) is 0 Å². The van der Waals surface area contributed by atoms with Gasteiger partial charge < -0.3 is 4.42 Å². The summed E-state index contributed by atoms with van der Waals surface area (Å²) in [6, 6.07) is 15.2. The van der Waals surface area contributed by atoms with E-state index in [1.807, 2.05) is 42.5 Å². The van der Waals surface area contributed by atoms with Gasteiger partial charge >= 0.3 is 5.63 Å². The first kappa shape index (κ1) is 11.4. The van der Waals surface area contributed by atoms with Gasteiger partial charge in [0.2, 0.25) is 0 Å². The van der Waals surface area contributed by atoms with Crippen LogP contribution in [0, 0.1) is 0 Å². The zero-order valence-corrected chi connectivity index (χ0v) is 11.2. The highest BCUT2D eigenvalue weighted by molar-refractivity contribution is 7.16. The van der Waals surface area contributed by atoms with Gasteiger partial charge in [-0.1, -0.05) is 24.3 Å². The van der Waals surface area contributed by atoms with Crippen molar-refractivity contribution in [3.63, 3.8) is 0 Å². The summed E-state index contributed by atoms with van der Waals surface area (Å²) >= 11 is 1.56. The third-order valence-electron chi connectivity index (χ3n) is 3.28. The van der Waals surface area contributed by atoms with E-state index < -0.39 is 0 Å². The topological polar surface area (TPSA) is 43.1 Å². The molecular weight excluding hydrogens is 270 g/mol. The van der Waals surface area contributed by atoms with Gasteiger partial charge in [-0.3, -0.25) is 0 Å². The number of benzene rings is 2. The summed E-state index contributed by atoms with van der Waals surface area (Å²) in [5.74, 6) is 0. The Labute approximate surface area is 118 Å². The third-order valence-corrected chi connectivity index (χ3v) is 4.08. The number of nitrogens with zero attached hydrogens (tertiary/aromatic N) is 1. The zero-order chi connectivity index (χ0) is 13.5. The fourth-order valence-electron chi connectivity index (χ4n) is 2.29. The lowest BCUT2D eigenvalue weighted by molar-refractivity contribution is 0.563. The molecule has 2 aromatic heterocycles. The van der Waals surface area contributed by atoms with Crippen molar-refractivity contribution in [3.8, 4) is 11.1 Å². The van der Waals surface area contributed by atoms with Crippen molar-refractivity contribution >= 4 is 32.5 Å². The molecular formula is C16H9NO2S. The molecule has 4 rings (SSSR count). The highest BCUT2D eigenvalue weighted by Crippen LogP contribution is 2.26. The number of rotatable bonds is 1. The quantitative estimate of drug-likeness (QED) is 0.493. The van der Waals surface area contributed by atoms with E-state index in [-0.39, 0.29) is 5.63 Å². The number of hydrogen-bond donors (Lipinski definition) is 0. The summed E-state index contributed by atoms with van der Waals surface area (Å²) in [4.78, 5) is 16.4. The van der Waals surface area contributed by atoms with Gasteiger partial charge in [0.1, 0.15) is 5.58 Å². The smallest absolute Gasteiger partial charge is 0.344 e. The molecule has 2 heterocycles. The molecule has 20 heavy (non-hydrogen) atoms. The zero-order valence-electron chi connectivity index (χ0n) is 10.4. The predicted octanol–water partition coefficient (Wildman–Crippen LogP) is 4.07. The molecule has 0 aliphatic heterocycles. The molecule has 0 spiro atoms. The Morgan fingerprint density at radius 2 is 1.95 bits per heavy atom. The van der Waals surface area contributed by atoms with E-state index in [9.17, 15) is 4.79 Å². The second kappa shape index (κ2) is 4.28. The van der Waals surface area contributed by atoms with Gasteiger partial charge in [0.05, 0.1) is 21.3 Å². The molecule has 0 atom stereocenters. The lowest BCUT2D eigenvalue weighted by Gasteiger charge is -2.02. The van der Waals surface area contributed by atoms with Gasteiger partial charge in [-0.25, -0.2) is 9.78 Å². The van der Waals surface area contributed by atoms with Crippen LogP contribution in [0.3, 0.4) is 0 Å². The van der Waals surface area contributed by atoms with Gasteiger partial charge in [0, 0.05) is 5.39 Å². The van der Waals surface area contributed by atoms with Gasteiger partial charge in [0.25, 0.3) is 0 Å². The van der Waals surface area contributed by atoms with Gasteiger partial charge in [-0.15, -0.1) is 11.3 Å². The minimum Gasteiger partial charge on any atom is -0.422 e. The fourth-order valence-corrected chi connectivity index (χ4v) is 3.00. The van der Waals surface area contributed by atoms with E-state index in [1.54, 1.807) is 22.9 Å². The number of para-hydroxylation sites is 1. The molecule has 4 aromatic rings. The Hall–Kier alpha value is -2.46. The first-order chi connectivity index (χ1) is 9.81. The highest BCUT2D eigenvalue weighted by Gasteiger charge is 2.08. The maximum atomic E-state index is 12.1. The summed E-state index contributed by atoms with van der Waals surface area (Å²) in [5.41, 5.74) is 4.49. The molecule has 0 fully saturated rings. The fraction of sp³-hybridized carbons (Fsp3) is 0. The average Bonchev–Trinajstić information content (AvgIpc) is 2.94. The Balaban J connectivity index is 2.00. The van der Waals surface area contributed by atoms with Crippen LogP contribution in [0.2, 0.25) is 0 Å². The van der Waals surface area contributed by atoms with Crippen LogP contribution in [0.1, 0.15) is 0 Å². The second-order valence-electron chi connectivity index (χ2n) is 4.52. The van der Waals surface area contributed by atoms with Crippen LogP contribution in [0.5, 0.6) is 0 Å². The van der Waals surface area contributed by atoms with Gasteiger partial charge in [-0.2, -0.15) is 0 Å². The molecule has 0 unspecified atom stereocenters. The SMILES string of the molecule is O=c1oc2ccccc2cc1-c1ccc2ncsc2c1. The van der Waals surface area contributed by atoms with Crippen molar-refractivity contribution in [2.45, 2.75) is 0 Å². The summed E-state index contributed by atoms with van der Waals surface area (Å²) in [7, 11) is 0. The highest BCUT2D eigenvalue weighted by atomic mass is 32.1. The normalized spacial score (nSPS) is 11.2. The molecule has 0 bridgehead atoms. The molecule has 0 aliphatic carbocycles. The Bertz CT molecular complexity index is 984. The largest absolute Gasteiger partial charge is 0.422 e. The number of aromatic nitrogens is 1. The Kier molecular flexibility index (Phi) is 2.44. The van der Waals surface area contributed by atoms with Crippen molar-refractivity contribution in [3.05, 3.63) is 64.5 Å². The number of hydrogen-bond acceptors (Lipinski definition) is 4. The van der Waals surface area contributed by atoms with Gasteiger partial charge in [0.15, 0.2) is 0 Å². The van der Waals surface area contributed by atoms with Crippen LogP contribution < -0.4 is 5.63 Å². The molecule has 0 saturated heterocycles. The summed E-state index contributed by atoms with van der Waals surface area (Å²) in [6.07, 6.45) is 0. The molecule has 96 valence electrons. The van der Waals surface area contributed by atoms with Crippen molar-refractivity contribution < 1.29 is 4.42 Å². The van der Waals surface area contributed by atoms with E-state index in [1.165, 1.54) is 0 Å². The molecule has 0 N–H and O–H groups in total. The molecule has 2 aromatic carbocycles. The second-order valence-corrected chi connectivity index (χ2v) is 5.41. The summed E-state index contributed by atoms with van der Waals surface area (Å²) < 4.78 is 6.44. The van der Waals surface area contributed by atoms with Crippen LogP contribution in [0.25, 0.3) is 32.3 Å². The van der Waals surface area contributed by atoms with E-state index in [0.717, 1.165) is 21.2 Å². The third kappa shape index (κ3) is 1.73. The lowest BCUT2D eigenvalue weighted by Crippen LogP contribution is -2.02. The molecule has 0 amide bonds. The molecule has 0 radical (unpaired) electrons. The number of thiazole rings is 1. The first-order valence-electron chi connectivity index (χ1n) is 6.18. The van der Waals surface area contributed by atoms with E-state index in [4.69, 9.17) is 4.42 Å². The summed E-state index contributed by atoms with van der Waals surface area (Å²) in [6.45, 7) is 0. The molecule has 3 nitrogen and oxygen atoms in total. The molecule has 4 heteroatoms. The van der Waals surface area contributed by atoms with Crippen LogP contribution >= 0.6 is 11.3 Å². The van der Waals surface area contributed by atoms with Crippen molar-refractivity contribution in [1.29, 1.82) is 0 Å². The predicted molar refractivity (Wildman–Crippen MR) is 81.1 cm³/mol. The van der Waals surface area contributed by atoms with Crippen LogP contribution in [-0.2, 0) is 0 Å².